The zero-order valence-corrected chi connectivity index (χ0v) is 8.03. The Labute approximate surface area is 85.5 Å². The van der Waals surface area contributed by atoms with Gasteiger partial charge in [0.15, 0.2) is 0 Å². The number of hydrogen-bond donors (Lipinski definition) is 1. The summed E-state index contributed by atoms with van der Waals surface area (Å²) in [5.41, 5.74) is 0.759. The lowest BCUT2D eigenvalue weighted by Gasteiger charge is -2.00. The van der Waals surface area contributed by atoms with Gasteiger partial charge in [-0.25, -0.2) is 5.90 Å². The zero-order valence-electron chi connectivity index (χ0n) is 7.27. The highest BCUT2D eigenvalue weighted by molar-refractivity contribution is 6.32. The fraction of sp³-hybridized carbons (Fsp3) is 0.250. The fourth-order valence-electron chi connectivity index (χ4n) is 1.03. The standard InChI is InChI=1S/C8H9ClN2O3/c9-7-5-6(3-4-14-10)1-2-8(7)11(12)13/h1-2,5H,3-4,10H2. The highest BCUT2D eigenvalue weighted by Crippen LogP contribution is 2.24. The first kappa shape index (κ1) is 10.9. The maximum Gasteiger partial charge on any atom is 0.287 e. The van der Waals surface area contributed by atoms with Crippen molar-refractivity contribution in [3.05, 3.63) is 38.9 Å². The van der Waals surface area contributed by atoms with Crippen molar-refractivity contribution in [1.29, 1.82) is 0 Å². The Morgan fingerprint density at radius 1 is 1.57 bits per heavy atom. The highest BCUT2D eigenvalue weighted by Gasteiger charge is 2.11. The predicted molar refractivity (Wildman–Crippen MR) is 51.9 cm³/mol. The molecule has 0 aliphatic carbocycles. The van der Waals surface area contributed by atoms with E-state index in [1.54, 1.807) is 12.1 Å². The van der Waals surface area contributed by atoms with Crippen LogP contribution in [0.2, 0.25) is 5.02 Å². The van der Waals surface area contributed by atoms with Gasteiger partial charge in [-0.05, 0) is 18.1 Å². The molecule has 2 N–H and O–H groups in total. The van der Waals surface area contributed by atoms with E-state index in [1.807, 2.05) is 0 Å². The van der Waals surface area contributed by atoms with Crippen molar-refractivity contribution in [3.63, 3.8) is 0 Å². The Kier molecular flexibility index (Phi) is 3.82. The van der Waals surface area contributed by atoms with Gasteiger partial charge in [-0.3, -0.25) is 10.1 Å². The number of nitrogens with two attached hydrogens (primary N) is 1. The average molecular weight is 217 g/mol. The van der Waals surface area contributed by atoms with E-state index in [9.17, 15) is 10.1 Å². The van der Waals surface area contributed by atoms with Gasteiger partial charge in [0.1, 0.15) is 5.02 Å². The van der Waals surface area contributed by atoms with E-state index in [-0.39, 0.29) is 10.7 Å². The molecule has 0 aromatic heterocycles. The number of halogens is 1. The van der Waals surface area contributed by atoms with Gasteiger partial charge in [0.2, 0.25) is 0 Å². The molecule has 6 heteroatoms. The number of hydrogen-bond acceptors (Lipinski definition) is 4. The summed E-state index contributed by atoms with van der Waals surface area (Å²) in [6, 6.07) is 4.54. The van der Waals surface area contributed by atoms with Gasteiger partial charge in [0.05, 0.1) is 11.5 Å². The van der Waals surface area contributed by atoms with Crippen LogP contribution in [0.1, 0.15) is 5.56 Å². The summed E-state index contributed by atoms with van der Waals surface area (Å²) >= 11 is 5.69. The van der Waals surface area contributed by atoms with Crippen LogP contribution in [0.5, 0.6) is 0 Å². The van der Waals surface area contributed by atoms with Crippen LogP contribution in [0, 0.1) is 10.1 Å². The average Bonchev–Trinajstić information content (AvgIpc) is 2.14. The first-order valence-electron chi connectivity index (χ1n) is 3.89. The summed E-state index contributed by atoms with van der Waals surface area (Å²) < 4.78 is 0. The van der Waals surface area contributed by atoms with Crippen molar-refractivity contribution in [1.82, 2.24) is 0 Å². The molecule has 0 radical (unpaired) electrons. The van der Waals surface area contributed by atoms with E-state index >= 15 is 0 Å². The molecular formula is C8H9ClN2O3. The minimum absolute atomic E-state index is 0.0934. The molecule has 0 amide bonds. The second kappa shape index (κ2) is 4.90. The van der Waals surface area contributed by atoms with E-state index in [2.05, 4.69) is 4.84 Å². The van der Waals surface area contributed by atoms with E-state index in [0.29, 0.717) is 13.0 Å². The monoisotopic (exact) mass is 216 g/mol. The van der Waals surface area contributed by atoms with Crippen molar-refractivity contribution in [2.75, 3.05) is 6.61 Å². The quantitative estimate of drug-likeness (QED) is 0.614. The van der Waals surface area contributed by atoms with Gasteiger partial charge in [-0.2, -0.15) is 0 Å². The molecular weight excluding hydrogens is 208 g/mol. The molecule has 5 nitrogen and oxygen atoms in total. The number of nitro benzene ring substituents is 1. The molecule has 0 bridgehead atoms. The lowest BCUT2D eigenvalue weighted by molar-refractivity contribution is -0.384. The fourth-order valence-corrected chi connectivity index (χ4v) is 1.30. The number of nitrogens with zero attached hydrogens (tertiary/aromatic N) is 1. The summed E-state index contributed by atoms with van der Waals surface area (Å²) in [5.74, 6) is 4.85. The molecule has 0 unspecified atom stereocenters. The maximum atomic E-state index is 10.4. The number of nitro groups is 1. The molecule has 14 heavy (non-hydrogen) atoms. The van der Waals surface area contributed by atoms with Gasteiger partial charge in [0, 0.05) is 6.07 Å². The summed E-state index contributed by atoms with van der Waals surface area (Å²) in [4.78, 5) is 14.3. The van der Waals surface area contributed by atoms with Crippen LogP contribution in [0.4, 0.5) is 5.69 Å². The van der Waals surface area contributed by atoms with Crippen molar-refractivity contribution in [2.45, 2.75) is 6.42 Å². The van der Waals surface area contributed by atoms with Gasteiger partial charge in [-0.1, -0.05) is 17.7 Å². The summed E-state index contributed by atoms with van der Waals surface area (Å²) in [7, 11) is 0. The molecule has 0 spiro atoms. The van der Waals surface area contributed by atoms with Gasteiger partial charge in [-0.15, -0.1) is 0 Å². The predicted octanol–water partition coefficient (Wildman–Crippen LogP) is 1.68. The molecule has 0 heterocycles. The van der Waals surface area contributed by atoms with Gasteiger partial charge in [0.25, 0.3) is 5.69 Å². The molecule has 0 fully saturated rings. The number of benzene rings is 1. The summed E-state index contributed by atoms with van der Waals surface area (Å²) in [6.07, 6.45) is 0.578. The van der Waals surface area contributed by atoms with Gasteiger partial charge < -0.3 is 4.84 Å². The van der Waals surface area contributed by atoms with Crippen molar-refractivity contribution < 1.29 is 9.76 Å². The summed E-state index contributed by atoms with van der Waals surface area (Å²) in [5, 5.41) is 10.6. The minimum Gasteiger partial charge on any atom is -0.304 e. The van der Waals surface area contributed by atoms with E-state index in [0.717, 1.165) is 5.56 Å². The van der Waals surface area contributed by atoms with Crippen LogP contribution in [0.3, 0.4) is 0 Å². The first-order chi connectivity index (χ1) is 6.65. The molecule has 0 atom stereocenters. The molecule has 1 rings (SSSR count). The van der Waals surface area contributed by atoms with Crippen molar-refractivity contribution in [2.24, 2.45) is 5.90 Å². The highest BCUT2D eigenvalue weighted by atomic mass is 35.5. The Morgan fingerprint density at radius 3 is 2.79 bits per heavy atom. The molecule has 0 aliphatic heterocycles. The van der Waals surface area contributed by atoms with E-state index in [4.69, 9.17) is 17.5 Å². The molecule has 1 aromatic rings. The smallest absolute Gasteiger partial charge is 0.287 e. The molecule has 0 saturated carbocycles. The SMILES string of the molecule is NOCCc1ccc([N+](=O)[O-])c(Cl)c1. The Bertz CT molecular complexity index is 343. The van der Waals surface area contributed by atoms with E-state index in [1.165, 1.54) is 6.07 Å². The van der Waals surface area contributed by atoms with Crippen LogP contribution < -0.4 is 5.90 Å². The zero-order chi connectivity index (χ0) is 10.6. The molecule has 1 aromatic carbocycles. The first-order valence-corrected chi connectivity index (χ1v) is 4.27. The maximum absolute atomic E-state index is 10.4. The Morgan fingerprint density at radius 2 is 2.29 bits per heavy atom. The third-order valence-electron chi connectivity index (χ3n) is 1.72. The normalized spacial score (nSPS) is 10.1. The summed E-state index contributed by atoms with van der Waals surface area (Å²) in [6.45, 7) is 0.355. The largest absolute Gasteiger partial charge is 0.304 e. The molecule has 0 saturated heterocycles. The Balaban J connectivity index is 2.83. The number of rotatable bonds is 4. The third-order valence-corrected chi connectivity index (χ3v) is 2.02. The Hall–Kier alpha value is -1.17. The van der Waals surface area contributed by atoms with E-state index < -0.39 is 4.92 Å². The lowest BCUT2D eigenvalue weighted by Crippen LogP contribution is -2.03. The molecule has 76 valence electrons. The minimum atomic E-state index is -0.522. The van der Waals surface area contributed by atoms with Crippen molar-refractivity contribution in [3.8, 4) is 0 Å². The third kappa shape index (κ3) is 2.66. The lowest BCUT2D eigenvalue weighted by atomic mass is 10.1. The van der Waals surface area contributed by atoms with Crippen LogP contribution >= 0.6 is 11.6 Å². The van der Waals surface area contributed by atoms with Crippen LogP contribution in [0.15, 0.2) is 18.2 Å². The van der Waals surface area contributed by atoms with Crippen LogP contribution in [-0.4, -0.2) is 11.5 Å². The van der Waals surface area contributed by atoms with Crippen molar-refractivity contribution >= 4 is 17.3 Å². The second-order valence-corrected chi connectivity index (χ2v) is 3.07. The topological polar surface area (TPSA) is 78.4 Å². The molecule has 0 aliphatic rings. The van der Waals surface area contributed by atoms with Crippen LogP contribution in [-0.2, 0) is 11.3 Å². The van der Waals surface area contributed by atoms with Gasteiger partial charge >= 0.3 is 0 Å². The second-order valence-electron chi connectivity index (χ2n) is 2.66. The van der Waals surface area contributed by atoms with Crippen LogP contribution in [0.25, 0.3) is 0 Å².